The second-order valence-corrected chi connectivity index (χ2v) is 3.61. The van der Waals surface area contributed by atoms with Gasteiger partial charge in [-0.3, -0.25) is 0 Å². The molecule has 0 bridgehead atoms. The SMILES string of the molecule is CCCNCCC(C)c1cncnc1. The van der Waals surface area contributed by atoms with E-state index in [-0.39, 0.29) is 0 Å². The van der Waals surface area contributed by atoms with Gasteiger partial charge in [0.2, 0.25) is 0 Å². The summed E-state index contributed by atoms with van der Waals surface area (Å²) in [6.07, 6.45) is 7.72. The van der Waals surface area contributed by atoms with Gasteiger partial charge in [0.05, 0.1) is 0 Å². The van der Waals surface area contributed by atoms with Crippen LogP contribution >= 0.6 is 0 Å². The van der Waals surface area contributed by atoms with Crippen LogP contribution in [0, 0.1) is 0 Å². The second-order valence-electron chi connectivity index (χ2n) is 3.61. The van der Waals surface area contributed by atoms with Gasteiger partial charge >= 0.3 is 0 Å². The normalized spacial score (nSPS) is 12.7. The maximum Gasteiger partial charge on any atom is 0.115 e. The van der Waals surface area contributed by atoms with E-state index in [0.29, 0.717) is 5.92 Å². The van der Waals surface area contributed by atoms with Gasteiger partial charge in [0.15, 0.2) is 0 Å². The van der Waals surface area contributed by atoms with Crippen LogP contribution in [-0.2, 0) is 0 Å². The maximum atomic E-state index is 4.02. The van der Waals surface area contributed by atoms with Crippen molar-refractivity contribution in [1.82, 2.24) is 15.3 Å². The average molecular weight is 193 g/mol. The third-order valence-corrected chi connectivity index (χ3v) is 2.33. The highest BCUT2D eigenvalue weighted by atomic mass is 14.8. The predicted molar refractivity (Wildman–Crippen MR) is 58.2 cm³/mol. The van der Waals surface area contributed by atoms with Gasteiger partial charge < -0.3 is 5.32 Å². The van der Waals surface area contributed by atoms with Crippen molar-refractivity contribution in [2.75, 3.05) is 13.1 Å². The minimum Gasteiger partial charge on any atom is -0.317 e. The van der Waals surface area contributed by atoms with E-state index in [4.69, 9.17) is 0 Å². The van der Waals surface area contributed by atoms with Crippen LogP contribution in [0.15, 0.2) is 18.7 Å². The van der Waals surface area contributed by atoms with Gasteiger partial charge in [0.25, 0.3) is 0 Å². The first kappa shape index (κ1) is 11.1. The summed E-state index contributed by atoms with van der Waals surface area (Å²) in [5, 5.41) is 3.39. The molecule has 78 valence electrons. The first-order chi connectivity index (χ1) is 6.84. The predicted octanol–water partition coefficient (Wildman–Crippen LogP) is 1.97. The highest BCUT2D eigenvalue weighted by molar-refractivity contribution is 5.08. The van der Waals surface area contributed by atoms with Crippen molar-refractivity contribution in [3.05, 3.63) is 24.3 Å². The topological polar surface area (TPSA) is 37.8 Å². The molecule has 3 heteroatoms. The van der Waals surface area contributed by atoms with E-state index in [9.17, 15) is 0 Å². The monoisotopic (exact) mass is 193 g/mol. The number of rotatable bonds is 6. The molecular formula is C11H19N3. The largest absolute Gasteiger partial charge is 0.317 e. The molecule has 1 unspecified atom stereocenters. The van der Waals surface area contributed by atoms with Crippen LogP contribution in [0.5, 0.6) is 0 Å². The summed E-state index contributed by atoms with van der Waals surface area (Å²) in [5.74, 6) is 0.542. The highest BCUT2D eigenvalue weighted by Crippen LogP contribution is 2.15. The number of nitrogens with zero attached hydrogens (tertiary/aromatic N) is 2. The van der Waals surface area contributed by atoms with E-state index in [1.807, 2.05) is 12.4 Å². The van der Waals surface area contributed by atoms with Gasteiger partial charge in [0.1, 0.15) is 6.33 Å². The Balaban J connectivity index is 2.25. The van der Waals surface area contributed by atoms with Crippen molar-refractivity contribution in [2.45, 2.75) is 32.6 Å². The van der Waals surface area contributed by atoms with Gasteiger partial charge in [-0.1, -0.05) is 13.8 Å². The van der Waals surface area contributed by atoms with E-state index >= 15 is 0 Å². The Morgan fingerprint density at radius 2 is 2.00 bits per heavy atom. The average Bonchev–Trinajstić information content (AvgIpc) is 2.25. The highest BCUT2D eigenvalue weighted by Gasteiger charge is 2.04. The summed E-state index contributed by atoms with van der Waals surface area (Å²) in [7, 11) is 0. The molecule has 1 rings (SSSR count). The maximum absolute atomic E-state index is 4.02. The molecule has 0 aliphatic carbocycles. The molecule has 0 radical (unpaired) electrons. The molecule has 1 aromatic rings. The minimum atomic E-state index is 0.542. The first-order valence-corrected chi connectivity index (χ1v) is 5.30. The van der Waals surface area contributed by atoms with Gasteiger partial charge in [-0.2, -0.15) is 0 Å². The first-order valence-electron chi connectivity index (χ1n) is 5.30. The third kappa shape index (κ3) is 3.83. The fraction of sp³-hybridized carbons (Fsp3) is 0.636. The molecule has 0 saturated carbocycles. The van der Waals surface area contributed by atoms with Gasteiger partial charge in [0, 0.05) is 12.4 Å². The lowest BCUT2D eigenvalue weighted by atomic mass is 10.0. The van der Waals surface area contributed by atoms with Crippen LogP contribution in [0.2, 0.25) is 0 Å². The number of nitrogens with one attached hydrogen (secondary N) is 1. The number of hydrogen-bond donors (Lipinski definition) is 1. The molecule has 1 N–H and O–H groups in total. The summed E-state index contributed by atoms with van der Waals surface area (Å²) in [6.45, 7) is 6.58. The Morgan fingerprint density at radius 1 is 1.29 bits per heavy atom. The molecule has 0 aliphatic rings. The molecule has 0 fully saturated rings. The lowest BCUT2D eigenvalue weighted by Gasteiger charge is -2.10. The Hall–Kier alpha value is -0.960. The number of hydrogen-bond acceptors (Lipinski definition) is 3. The molecule has 1 aromatic heterocycles. The fourth-order valence-corrected chi connectivity index (χ4v) is 1.35. The molecule has 14 heavy (non-hydrogen) atoms. The van der Waals surface area contributed by atoms with Crippen molar-refractivity contribution in [3.63, 3.8) is 0 Å². The van der Waals surface area contributed by atoms with Crippen LogP contribution in [0.25, 0.3) is 0 Å². The Kier molecular flexibility index (Phi) is 5.15. The van der Waals surface area contributed by atoms with E-state index in [1.165, 1.54) is 12.0 Å². The van der Waals surface area contributed by atoms with E-state index in [2.05, 4.69) is 29.1 Å². The summed E-state index contributed by atoms with van der Waals surface area (Å²) in [5.41, 5.74) is 1.23. The zero-order valence-corrected chi connectivity index (χ0v) is 9.03. The summed E-state index contributed by atoms with van der Waals surface area (Å²) in [4.78, 5) is 8.04. The third-order valence-electron chi connectivity index (χ3n) is 2.33. The van der Waals surface area contributed by atoms with Crippen LogP contribution in [-0.4, -0.2) is 23.1 Å². The van der Waals surface area contributed by atoms with Crippen LogP contribution in [0.4, 0.5) is 0 Å². The van der Waals surface area contributed by atoms with Crippen molar-refractivity contribution >= 4 is 0 Å². The Bertz CT molecular complexity index is 236. The Morgan fingerprint density at radius 3 is 2.64 bits per heavy atom. The minimum absolute atomic E-state index is 0.542. The van der Waals surface area contributed by atoms with Crippen LogP contribution in [0.3, 0.4) is 0 Å². The lowest BCUT2D eigenvalue weighted by Crippen LogP contribution is -2.17. The molecule has 0 amide bonds. The quantitative estimate of drug-likeness (QED) is 0.702. The zero-order chi connectivity index (χ0) is 10.2. The molecule has 3 nitrogen and oxygen atoms in total. The lowest BCUT2D eigenvalue weighted by molar-refractivity contribution is 0.588. The van der Waals surface area contributed by atoms with Crippen molar-refractivity contribution in [3.8, 4) is 0 Å². The van der Waals surface area contributed by atoms with Crippen LogP contribution in [0.1, 0.15) is 38.2 Å². The van der Waals surface area contributed by atoms with Crippen molar-refractivity contribution < 1.29 is 0 Å². The van der Waals surface area contributed by atoms with Crippen LogP contribution < -0.4 is 5.32 Å². The molecule has 0 saturated heterocycles. The molecular weight excluding hydrogens is 174 g/mol. The standard InChI is InChI=1S/C11H19N3/c1-3-5-12-6-4-10(2)11-7-13-9-14-8-11/h7-10,12H,3-6H2,1-2H3. The van der Waals surface area contributed by atoms with E-state index in [0.717, 1.165) is 19.5 Å². The molecule has 0 spiro atoms. The fourth-order valence-electron chi connectivity index (χ4n) is 1.35. The smallest absolute Gasteiger partial charge is 0.115 e. The van der Waals surface area contributed by atoms with E-state index in [1.54, 1.807) is 6.33 Å². The van der Waals surface area contributed by atoms with Gasteiger partial charge in [-0.05, 0) is 37.4 Å². The second kappa shape index (κ2) is 6.49. The number of aromatic nitrogens is 2. The van der Waals surface area contributed by atoms with Gasteiger partial charge in [-0.15, -0.1) is 0 Å². The van der Waals surface area contributed by atoms with Crippen molar-refractivity contribution in [1.29, 1.82) is 0 Å². The summed E-state index contributed by atoms with van der Waals surface area (Å²) >= 11 is 0. The molecule has 1 atom stereocenters. The van der Waals surface area contributed by atoms with Gasteiger partial charge in [-0.25, -0.2) is 9.97 Å². The zero-order valence-electron chi connectivity index (χ0n) is 9.03. The summed E-state index contributed by atoms with van der Waals surface area (Å²) in [6, 6.07) is 0. The summed E-state index contributed by atoms with van der Waals surface area (Å²) < 4.78 is 0. The molecule has 0 aliphatic heterocycles. The van der Waals surface area contributed by atoms with E-state index < -0.39 is 0 Å². The Labute approximate surface area is 86.0 Å². The molecule has 0 aromatic carbocycles. The van der Waals surface area contributed by atoms with Crippen molar-refractivity contribution in [2.24, 2.45) is 0 Å². The molecule has 1 heterocycles.